The van der Waals surface area contributed by atoms with Crippen LogP contribution < -0.4 is 15.2 Å². The molecule has 3 rings (SSSR count). The maximum absolute atomic E-state index is 13.1. The minimum absolute atomic E-state index is 0.0792. The molecule has 1 aliphatic rings. The fourth-order valence-electron chi connectivity index (χ4n) is 3.20. The van der Waals surface area contributed by atoms with Crippen molar-refractivity contribution in [2.75, 3.05) is 36.4 Å². The number of carbonyl (C=O) groups is 1. The van der Waals surface area contributed by atoms with Crippen LogP contribution in [0.5, 0.6) is 0 Å². The third-order valence-corrected chi connectivity index (χ3v) is 4.58. The summed E-state index contributed by atoms with van der Waals surface area (Å²) < 4.78 is 39.4. The van der Waals surface area contributed by atoms with E-state index in [2.05, 4.69) is 10.3 Å². The number of aromatic nitrogens is 1. The number of pyridine rings is 1. The molecule has 2 N–H and O–H groups in total. The van der Waals surface area contributed by atoms with Crippen LogP contribution in [-0.4, -0.2) is 42.0 Å². The molecular formula is C18H19F3N5O3+. The van der Waals surface area contributed by atoms with E-state index in [1.165, 1.54) is 35.2 Å². The number of hydrogen-bond donors (Lipinski definition) is 1. The van der Waals surface area contributed by atoms with Gasteiger partial charge < -0.3 is 10.2 Å². The number of nitrogens with one attached hydrogen (secondary N) is 2. The summed E-state index contributed by atoms with van der Waals surface area (Å²) in [6.45, 7) is 1.29. The smallest absolute Gasteiger partial charge is 0.320 e. The molecule has 2 heterocycles. The zero-order valence-corrected chi connectivity index (χ0v) is 15.3. The number of para-hydroxylation sites is 1. The van der Waals surface area contributed by atoms with Crippen LogP contribution in [0.1, 0.15) is 12.0 Å². The van der Waals surface area contributed by atoms with E-state index in [-0.39, 0.29) is 17.9 Å². The van der Waals surface area contributed by atoms with Crippen molar-refractivity contribution < 1.29 is 27.9 Å². The highest BCUT2D eigenvalue weighted by molar-refractivity contribution is 5.90. The van der Waals surface area contributed by atoms with Gasteiger partial charge in [-0.2, -0.15) is 13.2 Å². The van der Waals surface area contributed by atoms with Gasteiger partial charge in [-0.3, -0.25) is 15.0 Å². The number of halogens is 3. The Morgan fingerprint density at radius 3 is 2.59 bits per heavy atom. The van der Waals surface area contributed by atoms with Crippen LogP contribution in [0.3, 0.4) is 0 Å². The van der Waals surface area contributed by atoms with Crippen LogP contribution in [-0.2, 0) is 6.18 Å². The molecule has 1 saturated heterocycles. The topological polar surface area (TPSA) is 92.9 Å². The van der Waals surface area contributed by atoms with Gasteiger partial charge in [-0.1, -0.05) is 12.1 Å². The highest BCUT2D eigenvalue weighted by Crippen LogP contribution is 2.34. The SMILES string of the molecule is O=C(Nc1ccccc1C(F)(F)F)N1CCCN(c2[nH+]cccc2[N+](=O)[O-])CC1. The quantitative estimate of drug-likeness (QED) is 0.621. The fourth-order valence-corrected chi connectivity index (χ4v) is 3.20. The molecule has 154 valence electrons. The summed E-state index contributed by atoms with van der Waals surface area (Å²) in [5.74, 6) is 0.335. The van der Waals surface area contributed by atoms with Crippen molar-refractivity contribution in [3.63, 3.8) is 0 Å². The Kier molecular flexibility index (Phi) is 5.85. The number of anilines is 2. The van der Waals surface area contributed by atoms with Gasteiger partial charge in [-0.15, -0.1) is 0 Å². The molecule has 0 radical (unpaired) electrons. The largest absolute Gasteiger partial charge is 0.418 e. The van der Waals surface area contributed by atoms with E-state index in [1.54, 1.807) is 11.1 Å². The number of aromatic amines is 1. The number of rotatable bonds is 3. The van der Waals surface area contributed by atoms with Gasteiger partial charge in [0.15, 0.2) is 0 Å². The van der Waals surface area contributed by atoms with Crippen molar-refractivity contribution in [3.8, 4) is 0 Å². The fraction of sp³-hybridized carbons (Fsp3) is 0.333. The molecule has 0 saturated carbocycles. The molecule has 29 heavy (non-hydrogen) atoms. The molecule has 2 aromatic rings. The molecule has 0 atom stereocenters. The molecular weight excluding hydrogens is 391 g/mol. The summed E-state index contributed by atoms with van der Waals surface area (Å²) in [4.78, 5) is 29.3. The van der Waals surface area contributed by atoms with Crippen LogP contribution in [0.15, 0.2) is 42.6 Å². The lowest BCUT2D eigenvalue weighted by Gasteiger charge is -2.21. The van der Waals surface area contributed by atoms with Crippen LogP contribution >= 0.6 is 0 Å². The van der Waals surface area contributed by atoms with Crippen LogP contribution in [0, 0.1) is 10.1 Å². The Balaban J connectivity index is 1.71. The Labute approximate surface area is 164 Å². The van der Waals surface area contributed by atoms with E-state index in [1.807, 2.05) is 0 Å². The van der Waals surface area contributed by atoms with Crippen LogP contribution in [0.2, 0.25) is 0 Å². The van der Waals surface area contributed by atoms with Gasteiger partial charge in [-0.25, -0.2) is 9.78 Å². The number of urea groups is 1. The van der Waals surface area contributed by atoms with Crippen molar-refractivity contribution in [1.29, 1.82) is 0 Å². The molecule has 0 unspecified atom stereocenters. The van der Waals surface area contributed by atoms with E-state index >= 15 is 0 Å². The number of hydrogen-bond acceptors (Lipinski definition) is 4. The maximum atomic E-state index is 13.1. The highest BCUT2D eigenvalue weighted by atomic mass is 19.4. The predicted molar refractivity (Wildman–Crippen MR) is 98.5 cm³/mol. The normalized spacial score (nSPS) is 15.0. The maximum Gasteiger partial charge on any atom is 0.418 e. The van der Waals surface area contributed by atoms with Gasteiger partial charge in [0.1, 0.15) is 6.54 Å². The third kappa shape index (κ3) is 4.73. The monoisotopic (exact) mass is 410 g/mol. The third-order valence-electron chi connectivity index (χ3n) is 4.58. The number of H-pyrrole nitrogens is 1. The van der Waals surface area contributed by atoms with E-state index < -0.39 is 22.7 Å². The van der Waals surface area contributed by atoms with Crippen molar-refractivity contribution in [2.24, 2.45) is 0 Å². The lowest BCUT2D eigenvalue weighted by molar-refractivity contribution is -0.411. The second-order valence-corrected chi connectivity index (χ2v) is 6.46. The summed E-state index contributed by atoms with van der Waals surface area (Å²) in [6, 6.07) is 7.05. The summed E-state index contributed by atoms with van der Waals surface area (Å²) in [5, 5.41) is 13.6. The van der Waals surface area contributed by atoms with E-state index in [9.17, 15) is 28.1 Å². The van der Waals surface area contributed by atoms with Crippen molar-refractivity contribution in [3.05, 3.63) is 58.3 Å². The summed E-state index contributed by atoms with van der Waals surface area (Å²) in [5.41, 5.74) is -1.30. The van der Waals surface area contributed by atoms with Gasteiger partial charge in [-0.05, 0) is 18.2 Å². The summed E-state index contributed by atoms with van der Waals surface area (Å²) >= 11 is 0. The second-order valence-electron chi connectivity index (χ2n) is 6.46. The van der Waals surface area contributed by atoms with E-state index in [0.29, 0.717) is 31.9 Å². The average molecular weight is 410 g/mol. The number of amides is 2. The van der Waals surface area contributed by atoms with E-state index in [4.69, 9.17) is 0 Å². The standard InChI is InChI=1S/C18H18F3N5O3/c19-18(20,21)13-5-1-2-6-14(13)23-17(27)25-10-4-9-24(11-12-25)16-15(26(28)29)7-3-8-22-16/h1-3,5-8H,4,9-12H2,(H,23,27)/p+1. The number of alkyl halides is 3. The first-order chi connectivity index (χ1) is 13.8. The summed E-state index contributed by atoms with van der Waals surface area (Å²) in [7, 11) is 0. The molecule has 1 aromatic heterocycles. The highest BCUT2D eigenvalue weighted by Gasteiger charge is 2.34. The molecule has 1 aliphatic heterocycles. The van der Waals surface area contributed by atoms with Crippen molar-refractivity contribution >= 4 is 23.2 Å². The number of nitro groups is 1. The van der Waals surface area contributed by atoms with Gasteiger partial charge in [0.05, 0.1) is 35.5 Å². The minimum atomic E-state index is -4.58. The van der Waals surface area contributed by atoms with Gasteiger partial charge in [0, 0.05) is 19.0 Å². The molecule has 0 bridgehead atoms. The van der Waals surface area contributed by atoms with Crippen molar-refractivity contribution in [1.82, 2.24) is 4.90 Å². The summed E-state index contributed by atoms with van der Waals surface area (Å²) in [6.07, 6.45) is -2.50. The predicted octanol–water partition coefficient (Wildman–Crippen LogP) is 3.17. The molecule has 8 nitrogen and oxygen atoms in total. The molecule has 1 fully saturated rings. The number of nitrogens with zero attached hydrogens (tertiary/aromatic N) is 3. The van der Waals surface area contributed by atoms with Crippen LogP contribution in [0.25, 0.3) is 0 Å². The van der Waals surface area contributed by atoms with Crippen LogP contribution in [0.4, 0.5) is 35.2 Å². The zero-order valence-electron chi connectivity index (χ0n) is 15.3. The number of carbonyl (C=O) groups excluding carboxylic acids is 1. The molecule has 0 spiro atoms. The Morgan fingerprint density at radius 2 is 1.86 bits per heavy atom. The minimum Gasteiger partial charge on any atom is -0.320 e. The van der Waals surface area contributed by atoms with Gasteiger partial charge >= 0.3 is 23.7 Å². The molecule has 1 aromatic carbocycles. The lowest BCUT2D eigenvalue weighted by atomic mass is 10.1. The second kappa shape index (κ2) is 8.33. The zero-order chi connectivity index (χ0) is 21.0. The first-order valence-electron chi connectivity index (χ1n) is 8.89. The first-order valence-corrected chi connectivity index (χ1v) is 8.89. The molecule has 2 amide bonds. The van der Waals surface area contributed by atoms with Gasteiger partial charge in [0.2, 0.25) is 0 Å². The van der Waals surface area contributed by atoms with Gasteiger partial charge in [0.25, 0.3) is 0 Å². The average Bonchev–Trinajstić information content (AvgIpc) is 2.94. The van der Waals surface area contributed by atoms with Crippen molar-refractivity contribution in [2.45, 2.75) is 12.6 Å². The lowest BCUT2D eigenvalue weighted by Crippen LogP contribution is -2.39. The number of benzene rings is 1. The van der Waals surface area contributed by atoms with E-state index in [0.717, 1.165) is 6.07 Å². The molecule has 0 aliphatic carbocycles. The Morgan fingerprint density at radius 1 is 1.10 bits per heavy atom. The molecule has 11 heteroatoms. The first kappa shape index (κ1) is 20.4. The Bertz CT molecular complexity index is 906. The Hall–Kier alpha value is -3.37.